The van der Waals surface area contributed by atoms with E-state index in [0.29, 0.717) is 24.5 Å². The predicted molar refractivity (Wildman–Crippen MR) is 117 cm³/mol. The monoisotopic (exact) mass is 412 g/mol. The van der Waals surface area contributed by atoms with E-state index in [-0.39, 0.29) is 17.9 Å². The summed E-state index contributed by atoms with van der Waals surface area (Å²) in [5.41, 5.74) is 1.86. The quantitative estimate of drug-likeness (QED) is 0.654. The second kappa shape index (κ2) is 10.4. The average Bonchev–Trinajstić information content (AvgIpc) is 2.77. The molecule has 0 spiro atoms. The van der Waals surface area contributed by atoms with Gasteiger partial charge in [0.1, 0.15) is 0 Å². The molecule has 0 saturated carbocycles. The molecule has 1 aliphatic rings. The Bertz CT molecular complexity index is 799. The Balaban J connectivity index is 1.55. The molecule has 0 aromatic heterocycles. The highest BCUT2D eigenvalue weighted by atomic mass is 35.5. The number of hydrogen-bond donors (Lipinski definition) is 0. The summed E-state index contributed by atoms with van der Waals surface area (Å²) in [4.78, 5) is 29.5. The topological polar surface area (TPSA) is 40.6 Å². The van der Waals surface area contributed by atoms with Crippen molar-refractivity contribution in [1.82, 2.24) is 9.80 Å². The van der Waals surface area contributed by atoms with Gasteiger partial charge in [-0.05, 0) is 55.5 Å². The normalized spacial score (nSPS) is 14.6. The van der Waals surface area contributed by atoms with Crippen molar-refractivity contribution in [2.75, 3.05) is 19.6 Å². The Morgan fingerprint density at radius 2 is 1.69 bits per heavy atom. The smallest absolute Gasteiger partial charge is 0.253 e. The number of piperidine rings is 1. The zero-order valence-corrected chi connectivity index (χ0v) is 17.8. The number of likely N-dealkylation sites (tertiary alicyclic amines) is 1. The first-order valence-electron chi connectivity index (χ1n) is 10.5. The van der Waals surface area contributed by atoms with Crippen LogP contribution in [0.3, 0.4) is 0 Å². The van der Waals surface area contributed by atoms with Gasteiger partial charge in [-0.15, -0.1) is 0 Å². The molecule has 0 N–H and O–H groups in total. The number of carbonyl (C=O) groups is 2. The minimum atomic E-state index is 0.0835. The van der Waals surface area contributed by atoms with E-state index in [1.54, 1.807) is 0 Å². The molecule has 154 valence electrons. The maximum absolute atomic E-state index is 12.9. The van der Waals surface area contributed by atoms with Crippen LogP contribution in [0.2, 0.25) is 5.02 Å². The summed E-state index contributed by atoms with van der Waals surface area (Å²) in [5.74, 6) is 0.287. The van der Waals surface area contributed by atoms with E-state index in [4.69, 9.17) is 11.6 Å². The molecule has 4 nitrogen and oxygen atoms in total. The summed E-state index contributed by atoms with van der Waals surface area (Å²) in [6, 6.07) is 17.3. The van der Waals surface area contributed by atoms with Crippen molar-refractivity contribution in [2.45, 2.75) is 45.1 Å². The lowest BCUT2D eigenvalue weighted by atomic mass is 10.0. The van der Waals surface area contributed by atoms with E-state index in [1.807, 2.05) is 64.4 Å². The van der Waals surface area contributed by atoms with Crippen LogP contribution >= 0.6 is 11.6 Å². The third-order valence-electron chi connectivity index (χ3n) is 5.54. The van der Waals surface area contributed by atoms with Gasteiger partial charge in [-0.2, -0.15) is 0 Å². The first-order valence-corrected chi connectivity index (χ1v) is 10.8. The van der Waals surface area contributed by atoms with Gasteiger partial charge in [-0.1, -0.05) is 48.9 Å². The van der Waals surface area contributed by atoms with Crippen LogP contribution in [0.15, 0.2) is 54.6 Å². The summed E-state index contributed by atoms with van der Waals surface area (Å²) in [6.07, 6.45) is 3.85. The van der Waals surface area contributed by atoms with Crippen molar-refractivity contribution in [3.05, 3.63) is 70.7 Å². The summed E-state index contributed by atoms with van der Waals surface area (Å²) in [7, 11) is 0. The van der Waals surface area contributed by atoms with Crippen molar-refractivity contribution in [3.63, 3.8) is 0 Å². The van der Waals surface area contributed by atoms with E-state index < -0.39 is 0 Å². The Morgan fingerprint density at radius 1 is 1.03 bits per heavy atom. The molecular formula is C24H29ClN2O2. The van der Waals surface area contributed by atoms with Crippen LogP contribution in [-0.4, -0.2) is 47.3 Å². The van der Waals surface area contributed by atoms with Crippen molar-refractivity contribution in [1.29, 1.82) is 0 Å². The highest BCUT2D eigenvalue weighted by Gasteiger charge is 2.29. The number of aryl methyl sites for hydroxylation is 1. The largest absolute Gasteiger partial charge is 0.340 e. The van der Waals surface area contributed by atoms with Gasteiger partial charge in [-0.25, -0.2) is 0 Å². The van der Waals surface area contributed by atoms with Gasteiger partial charge in [0.15, 0.2) is 0 Å². The first kappa shape index (κ1) is 21.4. The maximum atomic E-state index is 12.9. The number of carbonyl (C=O) groups excluding carboxylic acids is 2. The molecule has 1 heterocycles. The molecule has 1 saturated heterocycles. The van der Waals surface area contributed by atoms with Gasteiger partial charge >= 0.3 is 0 Å². The van der Waals surface area contributed by atoms with Gasteiger partial charge in [0.2, 0.25) is 5.91 Å². The summed E-state index contributed by atoms with van der Waals surface area (Å²) < 4.78 is 0. The van der Waals surface area contributed by atoms with E-state index >= 15 is 0 Å². The van der Waals surface area contributed by atoms with Crippen LogP contribution < -0.4 is 0 Å². The van der Waals surface area contributed by atoms with Crippen LogP contribution in [0.4, 0.5) is 0 Å². The third kappa shape index (κ3) is 5.83. The van der Waals surface area contributed by atoms with Crippen molar-refractivity contribution in [3.8, 4) is 0 Å². The molecule has 5 heteroatoms. The molecule has 2 aromatic carbocycles. The molecule has 2 amide bonds. The second-order valence-corrected chi connectivity index (χ2v) is 8.04. The molecule has 0 bridgehead atoms. The van der Waals surface area contributed by atoms with Crippen molar-refractivity contribution < 1.29 is 9.59 Å². The number of amides is 2. The fourth-order valence-corrected chi connectivity index (χ4v) is 4.07. The fraction of sp³-hybridized carbons (Fsp3) is 0.417. The van der Waals surface area contributed by atoms with E-state index in [0.717, 1.165) is 43.4 Å². The van der Waals surface area contributed by atoms with Crippen LogP contribution in [0.1, 0.15) is 48.5 Å². The second-order valence-electron chi connectivity index (χ2n) is 7.60. The summed E-state index contributed by atoms with van der Waals surface area (Å²) >= 11 is 5.94. The minimum Gasteiger partial charge on any atom is -0.340 e. The fourth-order valence-electron chi connectivity index (χ4n) is 3.94. The van der Waals surface area contributed by atoms with Gasteiger partial charge in [-0.3, -0.25) is 9.59 Å². The SMILES string of the molecule is CCCN(C(=O)CCc1ccc(Cl)cc1)C1CCN(C(=O)c2ccccc2)CC1. The lowest BCUT2D eigenvalue weighted by Gasteiger charge is -2.38. The van der Waals surface area contributed by atoms with Crippen LogP contribution in [-0.2, 0) is 11.2 Å². The molecule has 0 atom stereocenters. The van der Waals surface area contributed by atoms with E-state index in [1.165, 1.54) is 0 Å². The molecule has 2 aromatic rings. The third-order valence-corrected chi connectivity index (χ3v) is 5.79. The number of hydrogen-bond acceptors (Lipinski definition) is 2. The number of nitrogens with zero attached hydrogens (tertiary/aromatic N) is 2. The molecular weight excluding hydrogens is 384 g/mol. The summed E-state index contributed by atoms with van der Waals surface area (Å²) in [5, 5.41) is 0.712. The van der Waals surface area contributed by atoms with E-state index in [2.05, 4.69) is 6.92 Å². The predicted octanol–water partition coefficient (Wildman–Crippen LogP) is 4.82. The van der Waals surface area contributed by atoms with Crippen LogP contribution in [0, 0.1) is 0 Å². The maximum Gasteiger partial charge on any atom is 0.253 e. The lowest BCUT2D eigenvalue weighted by molar-refractivity contribution is -0.134. The highest BCUT2D eigenvalue weighted by Crippen LogP contribution is 2.20. The highest BCUT2D eigenvalue weighted by molar-refractivity contribution is 6.30. The van der Waals surface area contributed by atoms with Crippen LogP contribution in [0.25, 0.3) is 0 Å². The molecule has 1 aliphatic heterocycles. The Morgan fingerprint density at radius 3 is 2.31 bits per heavy atom. The van der Waals surface area contributed by atoms with Gasteiger partial charge in [0.05, 0.1) is 0 Å². The van der Waals surface area contributed by atoms with Crippen LogP contribution in [0.5, 0.6) is 0 Å². The number of rotatable bonds is 7. The Hall–Kier alpha value is -2.33. The number of benzene rings is 2. The standard InChI is InChI=1S/C24H29ClN2O2/c1-2-16-27(23(28)13-10-19-8-11-21(25)12-9-19)22-14-17-26(18-15-22)24(29)20-6-4-3-5-7-20/h3-9,11-12,22H,2,10,13-18H2,1H3. The average molecular weight is 413 g/mol. The lowest BCUT2D eigenvalue weighted by Crippen LogP contribution is -2.49. The molecule has 0 unspecified atom stereocenters. The Kier molecular flexibility index (Phi) is 7.70. The summed E-state index contributed by atoms with van der Waals surface area (Å²) in [6.45, 7) is 4.27. The zero-order chi connectivity index (χ0) is 20.6. The van der Waals surface area contributed by atoms with Gasteiger partial charge in [0.25, 0.3) is 5.91 Å². The first-order chi connectivity index (χ1) is 14.1. The Labute approximate surface area is 178 Å². The zero-order valence-electron chi connectivity index (χ0n) is 17.0. The molecule has 0 radical (unpaired) electrons. The molecule has 0 aliphatic carbocycles. The molecule has 29 heavy (non-hydrogen) atoms. The van der Waals surface area contributed by atoms with Gasteiger partial charge in [0, 0.05) is 42.7 Å². The minimum absolute atomic E-state index is 0.0835. The van der Waals surface area contributed by atoms with Crippen molar-refractivity contribution >= 4 is 23.4 Å². The molecule has 3 rings (SSSR count). The van der Waals surface area contributed by atoms with Gasteiger partial charge < -0.3 is 9.80 Å². The van der Waals surface area contributed by atoms with Crippen molar-refractivity contribution in [2.24, 2.45) is 0 Å². The molecule has 1 fully saturated rings. The number of halogens is 1. The van der Waals surface area contributed by atoms with E-state index in [9.17, 15) is 9.59 Å².